The maximum absolute atomic E-state index is 3.44. The van der Waals surface area contributed by atoms with Crippen LogP contribution in [0.3, 0.4) is 0 Å². The number of rotatable bonds is 3. The first-order valence-electron chi connectivity index (χ1n) is 3.82. The van der Waals surface area contributed by atoms with E-state index in [1.807, 2.05) is 0 Å². The Morgan fingerprint density at radius 2 is 1.82 bits per heavy atom. The second-order valence-electron chi connectivity index (χ2n) is 4.12. The van der Waals surface area contributed by atoms with Crippen LogP contribution in [0.2, 0.25) is 14.8 Å². The molecule has 0 aromatic rings. The van der Waals surface area contributed by atoms with E-state index in [9.17, 15) is 0 Å². The fourth-order valence-corrected chi connectivity index (χ4v) is 8.72. The molecule has 0 atom stereocenters. The van der Waals surface area contributed by atoms with Crippen molar-refractivity contribution in [2.45, 2.75) is 14.8 Å². The van der Waals surface area contributed by atoms with Crippen molar-refractivity contribution in [3.8, 4) is 0 Å². The van der Waals surface area contributed by atoms with E-state index in [1.165, 1.54) is 0 Å². The standard InChI is InChI=1S/C5H9BrN.3CH3.Sn/c1-7(2)5-3-4-6;;;;/h4H,5H2,1-2H3;3*1H3;. The summed E-state index contributed by atoms with van der Waals surface area (Å²) < 4.78 is 1.63. The molecule has 0 aliphatic heterocycles. The summed E-state index contributed by atoms with van der Waals surface area (Å²) in [6.07, 6.45) is 0. The Labute approximate surface area is 82.8 Å². The summed E-state index contributed by atoms with van der Waals surface area (Å²) in [4.78, 5) is 11.7. The first kappa shape index (κ1) is 12.0. The Balaban J connectivity index is 4.21. The van der Waals surface area contributed by atoms with Crippen LogP contribution < -0.4 is 0 Å². The molecule has 0 aromatic heterocycles. The molecule has 0 heterocycles. The number of likely N-dealkylation sites (N-methyl/N-ethyl adjacent to an activating group) is 1. The van der Waals surface area contributed by atoms with Crippen LogP contribution in [0.4, 0.5) is 0 Å². The van der Waals surface area contributed by atoms with Gasteiger partial charge in [0.2, 0.25) is 0 Å². The van der Waals surface area contributed by atoms with Crippen molar-refractivity contribution >= 4 is 34.3 Å². The average Bonchev–Trinajstić information content (AvgIpc) is 1.79. The van der Waals surface area contributed by atoms with Crippen molar-refractivity contribution in [1.29, 1.82) is 0 Å². The molecule has 0 radical (unpaired) electrons. The molecule has 0 unspecified atom stereocenters. The first-order chi connectivity index (χ1) is 4.88. The van der Waals surface area contributed by atoms with Crippen LogP contribution in [-0.4, -0.2) is 43.9 Å². The van der Waals surface area contributed by atoms with Crippen molar-refractivity contribution < 1.29 is 0 Å². The molecule has 0 aliphatic carbocycles. The molecular weight excluding hydrogens is 309 g/mol. The fraction of sp³-hybridized carbons (Fsp3) is 0.750. The van der Waals surface area contributed by atoms with Crippen LogP contribution in [-0.2, 0) is 0 Å². The quantitative estimate of drug-likeness (QED) is 0.721. The van der Waals surface area contributed by atoms with Gasteiger partial charge in [0.05, 0.1) is 0 Å². The van der Waals surface area contributed by atoms with Gasteiger partial charge < -0.3 is 0 Å². The molecular formula is C8H18BrNSn. The summed E-state index contributed by atoms with van der Waals surface area (Å²) in [6, 6.07) is 0. The van der Waals surface area contributed by atoms with Crippen LogP contribution in [0.1, 0.15) is 0 Å². The Kier molecular flexibility index (Phi) is 5.31. The normalized spacial score (nSPS) is 14.3. The van der Waals surface area contributed by atoms with Crippen molar-refractivity contribution in [2.75, 3.05) is 20.6 Å². The second kappa shape index (κ2) is 4.87. The van der Waals surface area contributed by atoms with E-state index in [0.29, 0.717) is 0 Å². The Hall–Kier alpha value is 0.979. The molecule has 0 N–H and O–H groups in total. The van der Waals surface area contributed by atoms with E-state index in [1.54, 1.807) is 3.59 Å². The molecule has 0 aliphatic rings. The minimum absolute atomic E-state index is 1.12. The summed E-state index contributed by atoms with van der Waals surface area (Å²) in [5.74, 6) is 0. The molecule has 0 aromatic carbocycles. The average molecular weight is 327 g/mol. The molecule has 0 bridgehead atoms. The number of halogens is 1. The van der Waals surface area contributed by atoms with Crippen molar-refractivity contribution in [2.24, 2.45) is 0 Å². The predicted molar refractivity (Wildman–Crippen MR) is 58.9 cm³/mol. The van der Waals surface area contributed by atoms with Gasteiger partial charge in [-0.15, -0.1) is 0 Å². The summed E-state index contributed by atoms with van der Waals surface area (Å²) in [5.41, 5.74) is 0. The fourth-order valence-electron chi connectivity index (χ4n) is 0.776. The Bertz CT molecular complexity index is 147. The van der Waals surface area contributed by atoms with Crippen molar-refractivity contribution in [3.63, 3.8) is 0 Å². The number of nitrogens with zero attached hydrogens (tertiary/aromatic N) is 1. The van der Waals surface area contributed by atoms with Crippen molar-refractivity contribution in [3.05, 3.63) is 8.57 Å². The third-order valence-corrected chi connectivity index (χ3v) is 9.70. The van der Waals surface area contributed by atoms with Gasteiger partial charge in [0.1, 0.15) is 0 Å². The first-order valence-corrected chi connectivity index (χ1v) is 14.7. The van der Waals surface area contributed by atoms with E-state index in [4.69, 9.17) is 0 Å². The second-order valence-corrected chi connectivity index (χ2v) is 19.3. The van der Waals surface area contributed by atoms with Crippen LogP contribution in [0.15, 0.2) is 8.57 Å². The topological polar surface area (TPSA) is 3.24 Å². The molecule has 66 valence electrons. The van der Waals surface area contributed by atoms with E-state index in [-0.39, 0.29) is 0 Å². The van der Waals surface area contributed by atoms with Gasteiger partial charge in [-0.25, -0.2) is 0 Å². The van der Waals surface area contributed by atoms with Crippen LogP contribution in [0.25, 0.3) is 0 Å². The van der Waals surface area contributed by atoms with E-state index in [2.05, 4.69) is 54.7 Å². The Morgan fingerprint density at radius 3 is 1.91 bits per heavy atom. The van der Waals surface area contributed by atoms with Gasteiger partial charge in [0.25, 0.3) is 0 Å². The van der Waals surface area contributed by atoms with Gasteiger partial charge in [-0.2, -0.15) is 0 Å². The molecule has 3 heteroatoms. The van der Waals surface area contributed by atoms with E-state index >= 15 is 0 Å². The van der Waals surface area contributed by atoms with Gasteiger partial charge in [0, 0.05) is 0 Å². The van der Waals surface area contributed by atoms with Gasteiger partial charge >= 0.3 is 83.2 Å². The van der Waals surface area contributed by atoms with E-state index < -0.39 is 18.4 Å². The van der Waals surface area contributed by atoms with Crippen LogP contribution in [0, 0.1) is 0 Å². The number of hydrogen-bond donors (Lipinski definition) is 0. The molecule has 0 saturated carbocycles. The SMILES string of the molecule is CN(C)C/[C](=C/Br)[Sn]([CH3])([CH3])[CH3]. The molecule has 11 heavy (non-hydrogen) atoms. The number of hydrogen-bond acceptors (Lipinski definition) is 1. The Morgan fingerprint density at radius 1 is 1.36 bits per heavy atom. The molecule has 0 spiro atoms. The summed E-state index contributed by atoms with van der Waals surface area (Å²) >= 11 is 1.68. The summed E-state index contributed by atoms with van der Waals surface area (Å²) in [7, 11) is 4.24. The zero-order valence-electron chi connectivity index (χ0n) is 8.11. The molecule has 1 nitrogen and oxygen atoms in total. The van der Waals surface area contributed by atoms with Crippen molar-refractivity contribution in [1.82, 2.24) is 4.90 Å². The monoisotopic (exact) mass is 327 g/mol. The third kappa shape index (κ3) is 5.25. The predicted octanol–water partition coefficient (Wildman–Crippen LogP) is 2.70. The van der Waals surface area contributed by atoms with Gasteiger partial charge in [-0.1, -0.05) is 0 Å². The van der Waals surface area contributed by atoms with E-state index in [0.717, 1.165) is 6.54 Å². The maximum atomic E-state index is 3.44. The summed E-state index contributed by atoms with van der Waals surface area (Å²) in [5, 5.41) is 0. The van der Waals surface area contributed by atoms with Gasteiger partial charge in [-0.3, -0.25) is 0 Å². The minimum atomic E-state index is -1.77. The zero-order chi connectivity index (χ0) is 9.07. The summed E-state index contributed by atoms with van der Waals surface area (Å²) in [6.45, 7) is 1.12. The molecule has 0 rings (SSSR count). The third-order valence-electron chi connectivity index (χ3n) is 1.58. The zero-order valence-corrected chi connectivity index (χ0v) is 12.5. The van der Waals surface area contributed by atoms with Gasteiger partial charge in [-0.05, 0) is 0 Å². The van der Waals surface area contributed by atoms with Crippen LogP contribution in [0.5, 0.6) is 0 Å². The van der Waals surface area contributed by atoms with Gasteiger partial charge in [0.15, 0.2) is 0 Å². The molecule has 0 saturated heterocycles. The molecule has 0 amide bonds. The molecule has 0 fully saturated rings. The van der Waals surface area contributed by atoms with Crippen LogP contribution >= 0.6 is 15.9 Å².